The first-order valence-corrected chi connectivity index (χ1v) is 7.57. The van der Waals surface area contributed by atoms with Crippen LogP contribution in [0.4, 0.5) is 4.39 Å². The largest absolute Gasteiger partial charge is 0.449 e. The minimum Gasteiger partial charge on any atom is -0.449 e. The lowest BCUT2D eigenvalue weighted by molar-refractivity contribution is -0.156. The van der Waals surface area contributed by atoms with E-state index in [0.29, 0.717) is 12.0 Å². The van der Waals surface area contributed by atoms with E-state index in [0.717, 1.165) is 6.20 Å². The van der Waals surface area contributed by atoms with Crippen molar-refractivity contribution in [2.24, 2.45) is 0 Å². The molecule has 1 aromatic rings. The summed E-state index contributed by atoms with van der Waals surface area (Å²) in [6.45, 7) is 2.98. The number of amides is 1. The van der Waals surface area contributed by atoms with E-state index < -0.39 is 24.4 Å². The number of ether oxygens (including phenoxy) is 2. The van der Waals surface area contributed by atoms with Gasteiger partial charge in [-0.1, -0.05) is 6.08 Å². The van der Waals surface area contributed by atoms with Crippen molar-refractivity contribution < 1.29 is 23.5 Å². The second-order valence-corrected chi connectivity index (χ2v) is 5.14. The van der Waals surface area contributed by atoms with Gasteiger partial charge < -0.3 is 14.4 Å². The van der Waals surface area contributed by atoms with Crippen LogP contribution in [0.2, 0.25) is 0 Å². The van der Waals surface area contributed by atoms with Gasteiger partial charge in [-0.25, -0.2) is 9.18 Å². The van der Waals surface area contributed by atoms with Gasteiger partial charge in [0.15, 0.2) is 12.6 Å². The lowest BCUT2D eigenvalue weighted by Gasteiger charge is -2.26. The standard InChI is InChI=1S/C17H20FN3O4/c1-3-4-5-16(22)21(2)15(17(23)25-7-6-19)12-24-11-13-8-14(18)10-20-9-13/h3,8-10,15H,1,4-5,7,11-12H2,2H3/t15-/m0/s1. The van der Waals surface area contributed by atoms with E-state index >= 15 is 0 Å². The van der Waals surface area contributed by atoms with E-state index in [9.17, 15) is 14.0 Å². The monoisotopic (exact) mass is 349 g/mol. The highest BCUT2D eigenvalue weighted by Gasteiger charge is 2.28. The Labute approximate surface area is 145 Å². The van der Waals surface area contributed by atoms with Gasteiger partial charge in [-0.05, 0) is 18.1 Å². The zero-order chi connectivity index (χ0) is 18.7. The number of nitriles is 1. The second-order valence-electron chi connectivity index (χ2n) is 5.14. The minimum absolute atomic E-state index is 0.0154. The van der Waals surface area contributed by atoms with Crippen LogP contribution in [0.5, 0.6) is 0 Å². The predicted octanol–water partition coefficient (Wildman–Crippen LogP) is 1.60. The lowest BCUT2D eigenvalue weighted by atomic mass is 10.2. The SMILES string of the molecule is C=CCCC(=O)N(C)[C@@H](COCc1cncc(F)c1)C(=O)OCC#N. The second kappa shape index (κ2) is 10.9. The molecule has 0 fully saturated rings. The van der Waals surface area contributed by atoms with Gasteiger partial charge in [-0.2, -0.15) is 5.26 Å². The first-order valence-electron chi connectivity index (χ1n) is 7.57. The van der Waals surface area contributed by atoms with Gasteiger partial charge in [0.2, 0.25) is 5.91 Å². The number of rotatable bonds is 10. The van der Waals surface area contributed by atoms with Gasteiger partial charge in [0, 0.05) is 19.7 Å². The van der Waals surface area contributed by atoms with E-state index in [-0.39, 0.29) is 25.5 Å². The molecular weight excluding hydrogens is 329 g/mol. The maximum atomic E-state index is 13.1. The molecule has 134 valence electrons. The average molecular weight is 349 g/mol. The van der Waals surface area contributed by atoms with Crippen LogP contribution in [-0.4, -0.2) is 48.1 Å². The third-order valence-electron chi connectivity index (χ3n) is 3.28. The molecule has 1 rings (SSSR count). The van der Waals surface area contributed by atoms with Crippen molar-refractivity contribution in [3.63, 3.8) is 0 Å². The lowest BCUT2D eigenvalue weighted by Crippen LogP contribution is -2.46. The number of allylic oxidation sites excluding steroid dienone is 1. The number of nitrogens with zero attached hydrogens (tertiary/aromatic N) is 3. The number of carbonyl (C=O) groups excluding carboxylic acids is 2. The van der Waals surface area contributed by atoms with E-state index in [2.05, 4.69) is 11.6 Å². The molecule has 0 aliphatic rings. The number of halogens is 1. The van der Waals surface area contributed by atoms with Crippen LogP contribution in [0.15, 0.2) is 31.1 Å². The van der Waals surface area contributed by atoms with Gasteiger partial charge in [-0.3, -0.25) is 9.78 Å². The van der Waals surface area contributed by atoms with Crippen molar-refractivity contribution in [3.05, 3.63) is 42.5 Å². The Morgan fingerprint density at radius 3 is 2.92 bits per heavy atom. The molecule has 1 heterocycles. The summed E-state index contributed by atoms with van der Waals surface area (Å²) in [7, 11) is 1.46. The van der Waals surface area contributed by atoms with Crippen LogP contribution < -0.4 is 0 Å². The van der Waals surface area contributed by atoms with Crippen LogP contribution in [0.3, 0.4) is 0 Å². The molecule has 7 nitrogen and oxygen atoms in total. The summed E-state index contributed by atoms with van der Waals surface area (Å²) in [5.74, 6) is -1.52. The highest BCUT2D eigenvalue weighted by molar-refractivity contribution is 5.84. The smallest absolute Gasteiger partial charge is 0.332 e. The molecule has 0 aliphatic carbocycles. The zero-order valence-electron chi connectivity index (χ0n) is 14.0. The van der Waals surface area contributed by atoms with Crippen molar-refractivity contribution in [1.29, 1.82) is 5.26 Å². The van der Waals surface area contributed by atoms with Gasteiger partial charge in [-0.15, -0.1) is 6.58 Å². The van der Waals surface area contributed by atoms with Crippen molar-refractivity contribution in [3.8, 4) is 6.07 Å². The number of hydrogen-bond donors (Lipinski definition) is 0. The fourth-order valence-electron chi connectivity index (χ4n) is 1.94. The van der Waals surface area contributed by atoms with E-state index in [1.807, 2.05) is 0 Å². The molecule has 8 heteroatoms. The van der Waals surface area contributed by atoms with Crippen molar-refractivity contribution in [2.45, 2.75) is 25.5 Å². The Balaban J connectivity index is 2.69. The average Bonchev–Trinajstić information content (AvgIpc) is 2.60. The van der Waals surface area contributed by atoms with Crippen LogP contribution >= 0.6 is 0 Å². The van der Waals surface area contributed by atoms with Gasteiger partial charge in [0.05, 0.1) is 19.4 Å². The Bertz CT molecular complexity index is 645. The normalized spacial score (nSPS) is 11.2. The molecule has 0 unspecified atom stereocenters. The van der Waals surface area contributed by atoms with Crippen molar-refractivity contribution in [2.75, 3.05) is 20.3 Å². The predicted molar refractivity (Wildman–Crippen MR) is 86.4 cm³/mol. The maximum absolute atomic E-state index is 13.1. The summed E-state index contributed by atoms with van der Waals surface area (Å²) in [6, 6.07) is 1.95. The molecule has 0 saturated carbocycles. The van der Waals surface area contributed by atoms with Gasteiger partial charge in [0.25, 0.3) is 0 Å². The highest BCUT2D eigenvalue weighted by atomic mass is 19.1. The summed E-state index contributed by atoms with van der Waals surface area (Å²) < 4.78 is 23.3. The Morgan fingerprint density at radius 1 is 1.52 bits per heavy atom. The molecule has 0 spiro atoms. The molecule has 1 amide bonds. The molecule has 1 atom stereocenters. The number of aromatic nitrogens is 1. The van der Waals surface area contributed by atoms with E-state index in [4.69, 9.17) is 14.7 Å². The van der Waals surface area contributed by atoms with Crippen LogP contribution in [-0.2, 0) is 25.7 Å². The Kier molecular flexibility index (Phi) is 8.82. The van der Waals surface area contributed by atoms with Crippen LogP contribution in [0, 0.1) is 17.1 Å². The summed E-state index contributed by atoms with van der Waals surface area (Å²) in [4.78, 5) is 29.1. The number of likely N-dealkylation sites (N-methyl/N-ethyl adjacent to an activating group) is 1. The molecule has 25 heavy (non-hydrogen) atoms. The molecule has 0 bridgehead atoms. The van der Waals surface area contributed by atoms with E-state index in [1.165, 1.54) is 24.2 Å². The molecular formula is C17H20FN3O4. The quantitative estimate of drug-likeness (QED) is 0.470. The zero-order valence-corrected chi connectivity index (χ0v) is 14.0. The fourth-order valence-corrected chi connectivity index (χ4v) is 1.94. The molecule has 1 aromatic heterocycles. The molecule has 0 radical (unpaired) electrons. The summed E-state index contributed by atoms with van der Waals surface area (Å²) in [6.07, 6.45) is 4.76. The number of pyridine rings is 1. The molecule has 0 N–H and O–H groups in total. The van der Waals surface area contributed by atoms with Crippen molar-refractivity contribution in [1.82, 2.24) is 9.88 Å². The first kappa shape index (κ1) is 20.3. The van der Waals surface area contributed by atoms with Crippen LogP contribution in [0.1, 0.15) is 18.4 Å². The third kappa shape index (κ3) is 7.10. The van der Waals surface area contributed by atoms with Gasteiger partial charge >= 0.3 is 5.97 Å². The number of carbonyl (C=O) groups is 2. The fraction of sp³-hybridized carbons (Fsp3) is 0.412. The van der Waals surface area contributed by atoms with E-state index in [1.54, 1.807) is 12.1 Å². The molecule has 0 saturated heterocycles. The van der Waals surface area contributed by atoms with Crippen LogP contribution in [0.25, 0.3) is 0 Å². The third-order valence-corrected chi connectivity index (χ3v) is 3.28. The molecule has 0 aromatic carbocycles. The van der Waals surface area contributed by atoms with Gasteiger partial charge in [0.1, 0.15) is 11.9 Å². The molecule has 0 aliphatic heterocycles. The van der Waals surface area contributed by atoms with Crippen molar-refractivity contribution >= 4 is 11.9 Å². The Morgan fingerprint density at radius 2 is 2.28 bits per heavy atom. The summed E-state index contributed by atoms with van der Waals surface area (Å²) >= 11 is 0. The topological polar surface area (TPSA) is 92.5 Å². The highest BCUT2D eigenvalue weighted by Crippen LogP contribution is 2.08. The Hall–Kier alpha value is -2.79. The number of hydrogen-bond acceptors (Lipinski definition) is 6. The first-order chi connectivity index (χ1) is 12.0. The maximum Gasteiger partial charge on any atom is 0.332 e. The number of esters is 1. The summed E-state index contributed by atoms with van der Waals surface area (Å²) in [5.41, 5.74) is 0.491. The minimum atomic E-state index is -1.01. The summed E-state index contributed by atoms with van der Waals surface area (Å²) in [5, 5.41) is 8.52.